The van der Waals surface area contributed by atoms with Crippen LogP contribution in [-0.2, 0) is 19.6 Å². The first-order valence-electron chi connectivity index (χ1n) is 7.25. The Bertz CT molecular complexity index is 334. The third-order valence-electron chi connectivity index (χ3n) is 3.21. The number of nitrogens with zero attached hydrogens (tertiary/aromatic N) is 1. The molecule has 0 saturated heterocycles. The van der Waals surface area contributed by atoms with Crippen molar-refractivity contribution in [1.82, 2.24) is 0 Å². The third-order valence-corrected chi connectivity index (χ3v) is 4.00. The minimum absolute atomic E-state index is 0.282. The summed E-state index contributed by atoms with van der Waals surface area (Å²) < 4.78 is 43.3. The lowest BCUT2D eigenvalue weighted by atomic mass is 10.3. The Morgan fingerprint density at radius 1 is 1.00 bits per heavy atom. The first kappa shape index (κ1) is 19.8. The maximum atomic E-state index is 10.6. The monoisotopic (exact) mass is 311 g/mol. The van der Waals surface area contributed by atoms with E-state index in [2.05, 4.69) is 14.0 Å². The first-order valence-corrected chi connectivity index (χ1v) is 8.83. The van der Waals surface area contributed by atoms with E-state index in [0.717, 1.165) is 24.0 Å². The molecule has 0 aromatic rings. The molecule has 0 heterocycles. The minimum Gasteiger partial charge on any atom is -0.748 e. The Hall–Kier alpha value is -0.210. The van der Waals surface area contributed by atoms with Crippen molar-refractivity contribution in [3.05, 3.63) is 0 Å². The molecule has 20 heavy (non-hydrogen) atoms. The van der Waals surface area contributed by atoms with Gasteiger partial charge in [0.05, 0.1) is 50.1 Å². The quantitative estimate of drug-likeness (QED) is 0.286. The van der Waals surface area contributed by atoms with Crippen molar-refractivity contribution in [1.29, 1.82) is 0 Å². The van der Waals surface area contributed by atoms with Crippen LogP contribution >= 0.6 is 0 Å². The Balaban J connectivity index is 3.98. The summed E-state index contributed by atoms with van der Waals surface area (Å²) in [7, 11) is -2.03. The van der Waals surface area contributed by atoms with Crippen molar-refractivity contribution < 1.29 is 26.9 Å². The average Bonchev–Trinajstić information content (AvgIpc) is 2.32. The number of hydrogen-bond donors (Lipinski definition) is 0. The summed E-state index contributed by atoms with van der Waals surface area (Å²) in [6.07, 6.45) is 1.42. The summed E-state index contributed by atoms with van der Waals surface area (Å²) in [4.78, 5) is 0. The maximum Gasteiger partial charge on any atom is 0.102 e. The molecule has 122 valence electrons. The van der Waals surface area contributed by atoms with E-state index in [1.807, 2.05) is 6.92 Å². The Morgan fingerprint density at radius 3 is 2.20 bits per heavy atom. The lowest BCUT2D eigenvalue weighted by Crippen LogP contribution is -2.48. The summed E-state index contributed by atoms with van der Waals surface area (Å²) in [5.41, 5.74) is 0. The Kier molecular flexibility index (Phi) is 10.4. The molecule has 0 aliphatic rings. The van der Waals surface area contributed by atoms with Crippen LogP contribution in [-0.4, -0.2) is 76.3 Å². The van der Waals surface area contributed by atoms with Crippen molar-refractivity contribution >= 4 is 10.1 Å². The zero-order valence-corrected chi connectivity index (χ0v) is 13.8. The second-order valence-corrected chi connectivity index (χ2v) is 6.74. The number of ether oxygens (including phenoxy) is 2. The van der Waals surface area contributed by atoms with Gasteiger partial charge in [0.25, 0.3) is 0 Å². The summed E-state index contributed by atoms with van der Waals surface area (Å²) >= 11 is 0. The molecule has 0 aliphatic carbocycles. The average molecular weight is 311 g/mol. The van der Waals surface area contributed by atoms with E-state index in [9.17, 15) is 13.0 Å². The second kappa shape index (κ2) is 10.5. The Labute approximate surface area is 123 Å². The molecule has 0 aromatic heterocycles. The van der Waals surface area contributed by atoms with Crippen molar-refractivity contribution in [3.63, 3.8) is 0 Å². The summed E-state index contributed by atoms with van der Waals surface area (Å²) in [5, 5.41) is 0. The van der Waals surface area contributed by atoms with Gasteiger partial charge in [-0.05, 0) is 13.3 Å². The van der Waals surface area contributed by atoms with Crippen LogP contribution in [0.4, 0.5) is 0 Å². The molecule has 0 aromatic carbocycles. The first-order chi connectivity index (χ1) is 9.33. The van der Waals surface area contributed by atoms with Gasteiger partial charge in [-0.3, -0.25) is 0 Å². The molecule has 1 unspecified atom stereocenters. The van der Waals surface area contributed by atoms with E-state index in [1.54, 1.807) is 0 Å². The molecule has 7 heteroatoms. The zero-order valence-electron chi connectivity index (χ0n) is 13.0. The van der Waals surface area contributed by atoms with Crippen LogP contribution < -0.4 is 0 Å². The fourth-order valence-corrected chi connectivity index (χ4v) is 2.63. The fraction of sp³-hybridized carbons (Fsp3) is 1.00. The highest BCUT2D eigenvalue weighted by Crippen LogP contribution is 2.07. The van der Waals surface area contributed by atoms with E-state index >= 15 is 0 Å². The van der Waals surface area contributed by atoms with Crippen LogP contribution in [0, 0.1) is 0 Å². The lowest BCUT2D eigenvalue weighted by Gasteiger charge is -2.34. The van der Waals surface area contributed by atoms with Crippen LogP contribution in [0.25, 0.3) is 0 Å². The standard InChI is InChI=1S/C13H29NO5S/c1-4-7-14(3,8-6-13-20(15,16)17)9-10-19-12-11-18-5-2/h4-13H2,1-3H3. The van der Waals surface area contributed by atoms with E-state index in [1.165, 1.54) is 0 Å². The molecule has 0 saturated carbocycles. The number of likely N-dealkylation sites (N-methyl/N-ethyl adjacent to an activating group) is 1. The highest BCUT2D eigenvalue weighted by atomic mass is 32.2. The summed E-state index contributed by atoms with van der Waals surface area (Å²) in [6.45, 7) is 8.98. The predicted octanol–water partition coefficient (Wildman–Crippen LogP) is 0.831. The van der Waals surface area contributed by atoms with Gasteiger partial charge in [0.2, 0.25) is 0 Å². The third kappa shape index (κ3) is 11.6. The van der Waals surface area contributed by atoms with Gasteiger partial charge >= 0.3 is 0 Å². The van der Waals surface area contributed by atoms with Crippen molar-refractivity contribution in [2.45, 2.75) is 26.7 Å². The SMILES string of the molecule is CCC[N+](C)(CCCS(=O)(=O)[O-])CCOCCOCC. The van der Waals surface area contributed by atoms with E-state index < -0.39 is 10.1 Å². The van der Waals surface area contributed by atoms with Gasteiger partial charge < -0.3 is 18.5 Å². The van der Waals surface area contributed by atoms with E-state index in [0.29, 0.717) is 39.4 Å². The molecular formula is C13H29NO5S. The van der Waals surface area contributed by atoms with E-state index in [4.69, 9.17) is 9.47 Å². The van der Waals surface area contributed by atoms with Crippen LogP contribution in [0.5, 0.6) is 0 Å². The second-order valence-electron chi connectivity index (χ2n) is 5.21. The molecule has 0 fully saturated rings. The molecule has 6 nitrogen and oxygen atoms in total. The van der Waals surface area contributed by atoms with Crippen LogP contribution in [0.2, 0.25) is 0 Å². The molecule has 0 bridgehead atoms. The molecule has 0 spiro atoms. The Morgan fingerprint density at radius 2 is 1.65 bits per heavy atom. The molecule has 0 aliphatic heterocycles. The van der Waals surface area contributed by atoms with Crippen molar-refractivity contribution in [2.24, 2.45) is 0 Å². The van der Waals surface area contributed by atoms with Gasteiger partial charge in [-0.25, -0.2) is 8.42 Å². The molecule has 0 radical (unpaired) electrons. The predicted molar refractivity (Wildman–Crippen MR) is 77.6 cm³/mol. The molecule has 0 N–H and O–H groups in total. The molecule has 1 atom stereocenters. The molecule has 0 amide bonds. The zero-order chi connectivity index (χ0) is 15.5. The van der Waals surface area contributed by atoms with Gasteiger partial charge in [-0.15, -0.1) is 0 Å². The van der Waals surface area contributed by atoms with E-state index in [-0.39, 0.29) is 5.75 Å². The molecular weight excluding hydrogens is 282 g/mol. The highest BCUT2D eigenvalue weighted by molar-refractivity contribution is 7.85. The molecule has 0 rings (SSSR count). The minimum atomic E-state index is -4.10. The van der Waals surface area contributed by atoms with Crippen LogP contribution in [0.3, 0.4) is 0 Å². The highest BCUT2D eigenvalue weighted by Gasteiger charge is 2.20. The van der Waals surface area contributed by atoms with Gasteiger partial charge in [-0.1, -0.05) is 6.92 Å². The summed E-state index contributed by atoms with van der Waals surface area (Å²) in [5.74, 6) is -0.282. The van der Waals surface area contributed by atoms with Crippen molar-refractivity contribution in [3.8, 4) is 0 Å². The topological polar surface area (TPSA) is 75.7 Å². The van der Waals surface area contributed by atoms with Gasteiger partial charge in [0.1, 0.15) is 6.54 Å². The van der Waals surface area contributed by atoms with Crippen molar-refractivity contribution in [2.75, 3.05) is 58.9 Å². The smallest absolute Gasteiger partial charge is 0.102 e. The maximum absolute atomic E-state index is 10.6. The number of hydrogen-bond acceptors (Lipinski definition) is 5. The van der Waals surface area contributed by atoms with Gasteiger partial charge in [0.15, 0.2) is 0 Å². The fourth-order valence-electron chi connectivity index (χ4n) is 2.15. The van der Waals surface area contributed by atoms with Gasteiger partial charge in [0, 0.05) is 18.8 Å². The number of quaternary nitrogens is 1. The number of rotatable bonds is 13. The van der Waals surface area contributed by atoms with Gasteiger partial charge in [-0.2, -0.15) is 0 Å². The normalized spacial score (nSPS) is 15.2. The largest absolute Gasteiger partial charge is 0.748 e. The van der Waals surface area contributed by atoms with Crippen LogP contribution in [0.15, 0.2) is 0 Å². The van der Waals surface area contributed by atoms with Crippen LogP contribution in [0.1, 0.15) is 26.7 Å². The summed E-state index contributed by atoms with van der Waals surface area (Å²) in [6, 6.07) is 0. The lowest BCUT2D eigenvalue weighted by molar-refractivity contribution is -0.910.